The number of hydrogen-bond acceptors (Lipinski definition) is 5. The van der Waals surface area contributed by atoms with Crippen LogP contribution >= 0.6 is 81.4 Å². The number of halogens is 6. The highest BCUT2D eigenvalue weighted by Crippen LogP contribution is 2.39. The Morgan fingerprint density at radius 3 is 2.14 bits per heavy atom. The molecule has 0 radical (unpaired) electrons. The van der Waals surface area contributed by atoms with Crippen molar-refractivity contribution in [3.63, 3.8) is 0 Å². The normalized spacial score (nSPS) is 11.7. The summed E-state index contributed by atoms with van der Waals surface area (Å²) < 4.78 is -1.81. The number of rotatable bonds is 2. The molecule has 21 heavy (non-hydrogen) atoms. The minimum absolute atomic E-state index is 0.0787. The van der Waals surface area contributed by atoms with Crippen LogP contribution in [0.1, 0.15) is 5.82 Å². The maximum atomic E-state index is 6.08. The molecule has 0 saturated heterocycles. The molecule has 2 rings (SSSR count). The van der Waals surface area contributed by atoms with Crippen LogP contribution in [0.15, 0.2) is 22.2 Å². The highest BCUT2D eigenvalue weighted by atomic mass is 35.6. The summed E-state index contributed by atoms with van der Waals surface area (Å²) in [5, 5.41) is 1.27. The lowest BCUT2D eigenvalue weighted by atomic mass is 10.4. The molecular weight excluding hydrogens is 421 g/mol. The molecule has 0 aliphatic rings. The van der Waals surface area contributed by atoms with Gasteiger partial charge in [0.1, 0.15) is 0 Å². The minimum atomic E-state index is -1.81. The van der Waals surface area contributed by atoms with Gasteiger partial charge in [-0.05, 0) is 23.9 Å². The summed E-state index contributed by atoms with van der Waals surface area (Å²) in [5.41, 5.74) is 5.57. The van der Waals surface area contributed by atoms with Gasteiger partial charge in [0, 0.05) is 4.90 Å². The molecule has 0 aliphatic carbocycles. The van der Waals surface area contributed by atoms with Crippen molar-refractivity contribution < 1.29 is 0 Å². The molecule has 112 valence electrons. The molecule has 0 amide bonds. The number of nitrogens with two attached hydrogens (primary N) is 1. The average Bonchev–Trinajstić information content (AvgIpc) is 2.34. The van der Waals surface area contributed by atoms with Gasteiger partial charge in [0.15, 0.2) is 11.0 Å². The van der Waals surface area contributed by atoms with E-state index in [1.807, 2.05) is 0 Å². The fourth-order valence-corrected chi connectivity index (χ4v) is 3.01. The van der Waals surface area contributed by atoms with Gasteiger partial charge in [-0.2, -0.15) is 9.97 Å². The van der Waals surface area contributed by atoms with Crippen LogP contribution in [0.25, 0.3) is 0 Å². The molecule has 2 aromatic rings. The molecule has 2 N–H and O–H groups in total. The highest BCUT2D eigenvalue weighted by molar-refractivity contribution is 7.99. The maximum Gasteiger partial charge on any atom is 0.250 e. The first kappa shape index (κ1) is 17.5. The van der Waals surface area contributed by atoms with Gasteiger partial charge in [0.05, 0.1) is 15.1 Å². The van der Waals surface area contributed by atoms with Crippen molar-refractivity contribution in [1.82, 2.24) is 15.0 Å². The zero-order chi connectivity index (χ0) is 15.8. The number of aromatic nitrogens is 3. The summed E-state index contributed by atoms with van der Waals surface area (Å²) in [4.78, 5) is 12.3. The van der Waals surface area contributed by atoms with Crippen molar-refractivity contribution in [2.24, 2.45) is 0 Å². The smallest absolute Gasteiger partial charge is 0.250 e. The fourth-order valence-electron chi connectivity index (χ4n) is 1.23. The third kappa shape index (κ3) is 4.55. The van der Waals surface area contributed by atoms with E-state index in [0.29, 0.717) is 20.0 Å². The number of benzene rings is 1. The monoisotopic (exact) mass is 422 g/mol. The Balaban J connectivity index is 2.40. The van der Waals surface area contributed by atoms with Gasteiger partial charge in [0.25, 0.3) is 0 Å². The molecule has 1 aromatic carbocycles. The zero-order valence-electron chi connectivity index (χ0n) is 9.75. The summed E-state index contributed by atoms with van der Waals surface area (Å²) in [6, 6.07) is 3.08. The lowest BCUT2D eigenvalue weighted by Gasteiger charge is -2.11. The Hall–Kier alpha value is 0.120. The van der Waals surface area contributed by atoms with E-state index in [-0.39, 0.29) is 16.9 Å². The van der Waals surface area contributed by atoms with Crippen LogP contribution in [-0.2, 0) is 3.79 Å². The Labute approximate surface area is 154 Å². The molecule has 0 aliphatic heterocycles. The van der Waals surface area contributed by atoms with Gasteiger partial charge >= 0.3 is 0 Å². The first-order chi connectivity index (χ1) is 9.66. The number of nitrogens with zero attached hydrogens (tertiary/aromatic N) is 3. The van der Waals surface area contributed by atoms with Crippen LogP contribution in [0.3, 0.4) is 0 Å². The van der Waals surface area contributed by atoms with E-state index >= 15 is 0 Å². The number of anilines is 1. The first-order valence-corrected chi connectivity index (χ1v) is 8.16. The molecule has 11 heteroatoms. The topological polar surface area (TPSA) is 64.7 Å². The molecule has 0 spiro atoms. The molecular formula is C10H4Cl6N4S. The summed E-state index contributed by atoms with van der Waals surface area (Å²) in [6.45, 7) is 0. The first-order valence-electron chi connectivity index (χ1n) is 5.08. The Morgan fingerprint density at radius 1 is 0.905 bits per heavy atom. The SMILES string of the molecule is Nc1nc(Sc2cc(Cl)c(Cl)cc2Cl)nc(C(Cl)(Cl)Cl)n1. The Bertz CT molecular complexity index is 690. The molecule has 4 nitrogen and oxygen atoms in total. The Morgan fingerprint density at radius 2 is 1.52 bits per heavy atom. The van der Waals surface area contributed by atoms with Gasteiger partial charge in [-0.15, -0.1) is 0 Å². The van der Waals surface area contributed by atoms with E-state index < -0.39 is 3.79 Å². The van der Waals surface area contributed by atoms with Crippen LogP contribution in [-0.4, -0.2) is 15.0 Å². The van der Waals surface area contributed by atoms with Crippen molar-refractivity contribution in [3.8, 4) is 0 Å². The third-order valence-electron chi connectivity index (χ3n) is 2.06. The molecule has 0 unspecified atom stereocenters. The van der Waals surface area contributed by atoms with E-state index in [0.717, 1.165) is 11.8 Å². The zero-order valence-corrected chi connectivity index (χ0v) is 15.1. The van der Waals surface area contributed by atoms with E-state index in [4.69, 9.17) is 75.3 Å². The lowest BCUT2D eigenvalue weighted by molar-refractivity contribution is 0.835. The molecule has 1 heterocycles. The molecule has 0 fully saturated rings. The van der Waals surface area contributed by atoms with Gasteiger partial charge in [-0.1, -0.05) is 69.6 Å². The number of alkyl halides is 3. The standard InChI is InChI=1S/C10H4Cl6N4S/c11-3-1-5(13)6(2-4(3)12)21-9-19-7(10(14,15)16)18-8(17)20-9/h1-2H,(H2,17,18,19,20). The summed E-state index contributed by atoms with van der Waals surface area (Å²) >= 11 is 36.2. The van der Waals surface area contributed by atoms with Crippen LogP contribution < -0.4 is 5.73 Å². The quantitative estimate of drug-likeness (QED) is 0.517. The fraction of sp³-hybridized carbons (Fsp3) is 0.100. The van der Waals surface area contributed by atoms with Crippen LogP contribution in [0.2, 0.25) is 15.1 Å². The molecule has 0 bridgehead atoms. The minimum Gasteiger partial charge on any atom is -0.368 e. The summed E-state index contributed by atoms with van der Waals surface area (Å²) in [7, 11) is 0. The average molecular weight is 425 g/mol. The summed E-state index contributed by atoms with van der Waals surface area (Å²) in [6.07, 6.45) is 0. The van der Waals surface area contributed by atoms with Crippen molar-refractivity contribution in [1.29, 1.82) is 0 Å². The second-order valence-corrected chi connectivity index (χ2v) is 8.11. The van der Waals surface area contributed by atoms with Crippen molar-refractivity contribution in [2.75, 3.05) is 5.73 Å². The van der Waals surface area contributed by atoms with Gasteiger partial charge < -0.3 is 5.73 Å². The highest BCUT2D eigenvalue weighted by Gasteiger charge is 2.28. The van der Waals surface area contributed by atoms with Crippen LogP contribution in [0, 0.1) is 0 Å². The van der Waals surface area contributed by atoms with E-state index in [1.54, 1.807) is 6.07 Å². The van der Waals surface area contributed by atoms with Gasteiger partial charge in [0.2, 0.25) is 9.74 Å². The predicted molar refractivity (Wildman–Crippen MR) is 89.1 cm³/mol. The second kappa shape index (κ2) is 6.71. The lowest BCUT2D eigenvalue weighted by Crippen LogP contribution is -2.11. The number of nitrogen functional groups attached to an aromatic ring is 1. The predicted octanol–water partition coefficient (Wildman–Crippen LogP) is 5.39. The summed E-state index contributed by atoms with van der Waals surface area (Å²) in [5.74, 6) is -0.163. The van der Waals surface area contributed by atoms with E-state index in [2.05, 4.69) is 15.0 Å². The van der Waals surface area contributed by atoms with Gasteiger partial charge in [-0.3, -0.25) is 0 Å². The third-order valence-corrected chi connectivity index (χ3v) is 4.64. The largest absolute Gasteiger partial charge is 0.368 e. The Kier molecular flexibility index (Phi) is 5.58. The van der Waals surface area contributed by atoms with Crippen LogP contribution in [0.5, 0.6) is 0 Å². The maximum absolute atomic E-state index is 6.08. The van der Waals surface area contributed by atoms with Crippen molar-refractivity contribution in [3.05, 3.63) is 33.0 Å². The van der Waals surface area contributed by atoms with E-state index in [1.165, 1.54) is 6.07 Å². The van der Waals surface area contributed by atoms with E-state index in [9.17, 15) is 0 Å². The molecule has 0 atom stereocenters. The van der Waals surface area contributed by atoms with Crippen molar-refractivity contribution in [2.45, 2.75) is 13.8 Å². The van der Waals surface area contributed by atoms with Crippen LogP contribution in [0.4, 0.5) is 5.95 Å². The van der Waals surface area contributed by atoms with Gasteiger partial charge in [-0.25, -0.2) is 4.98 Å². The van der Waals surface area contributed by atoms with Crippen molar-refractivity contribution >= 4 is 87.3 Å². The molecule has 0 saturated carbocycles. The second-order valence-electron chi connectivity index (χ2n) is 3.60. The number of hydrogen-bond donors (Lipinski definition) is 1. The molecule has 1 aromatic heterocycles.